The molecule has 0 spiro atoms. The van der Waals surface area contributed by atoms with Crippen LogP contribution in [0.2, 0.25) is 0 Å². The Bertz CT molecular complexity index is 362. The highest BCUT2D eigenvalue weighted by atomic mass is 15.0. The van der Waals surface area contributed by atoms with Gasteiger partial charge in [0.15, 0.2) is 0 Å². The topological polar surface area (TPSA) is 12.0 Å². The lowest BCUT2D eigenvalue weighted by Gasteiger charge is -2.08. The second-order valence-corrected chi connectivity index (χ2v) is 6.54. The van der Waals surface area contributed by atoms with Crippen LogP contribution >= 0.6 is 0 Å². The van der Waals surface area contributed by atoms with Gasteiger partial charge in [-0.05, 0) is 35.3 Å². The minimum atomic E-state index is 0.525. The second-order valence-electron chi connectivity index (χ2n) is 6.54. The van der Waals surface area contributed by atoms with E-state index in [2.05, 4.69) is 57.3 Å². The van der Waals surface area contributed by atoms with E-state index in [1.807, 2.05) is 0 Å². The third kappa shape index (κ3) is 3.57. The van der Waals surface area contributed by atoms with Gasteiger partial charge in [0.2, 0.25) is 0 Å². The SMILES string of the molecule is CC(C)Cc1ccc(CNC2CC2(C)C)cc1. The van der Waals surface area contributed by atoms with Gasteiger partial charge in [0.25, 0.3) is 0 Å². The van der Waals surface area contributed by atoms with Gasteiger partial charge in [-0.25, -0.2) is 0 Å². The molecular weight excluding hydrogens is 206 g/mol. The zero-order valence-corrected chi connectivity index (χ0v) is 11.6. The van der Waals surface area contributed by atoms with Gasteiger partial charge in [-0.2, -0.15) is 0 Å². The molecule has 0 radical (unpaired) electrons. The van der Waals surface area contributed by atoms with Crippen molar-refractivity contribution in [3.05, 3.63) is 35.4 Å². The van der Waals surface area contributed by atoms with Crippen LogP contribution in [0.25, 0.3) is 0 Å². The molecule has 1 heteroatoms. The molecule has 17 heavy (non-hydrogen) atoms. The molecule has 1 N–H and O–H groups in total. The lowest BCUT2D eigenvalue weighted by molar-refractivity contribution is 0.542. The first kappa shape index (κ1) is 12.6. The summed E-state index contributed by atoms with van der Waals surface area (Å²) < 4.78 is 0. The monoisotopic (exact) mass is 231 g/mol. The van der Waals surface area contributed by atoms with E-state index in [4.69, 9.17) is 0 Å². The van der Waals surface area contributed by atoms with Gasteiger partial charge in [-0.1, -0.05) is 52.0 Å². The van der Waals surface area contributed by atoms with Crippen LogP contribution in [0.15, 0.2) is 24.3 Å². The number of nitrogens with one attached hydrogen (secondary N) is 1. The summed E-state index contributed by atoms with van der Waals surface area (Å²) in [4.78, 5) is 0. The molecule has 1 aromatic rings. The molecule has 1 fully saturated rings. The molecule has 0 bridgehead atoms. The molecule has 2 rings (SSSR count). The van der Waals surface area contributed by atoms with Crippen LogP contribution in [-0.2, 0) is 13.0 Å². The summed E-state index contributed by atoms with van der Waals surface area (Å²) in [6.45, 7) is 10.2. The molecule has 0 saturated heterocycles. The first-order chi connectivity index (χ1) is 7.97. The molecule has 0 amide bonds. The van der Waals surface area contributed by atoms with Crippen LogP contribution in [0.3, 0.4) is 0 Å². The Kier molecular flexibility index (Phi) is 3.58. The number of rotatable bonds is 5. The molecule has 0 aromatic heterocycles. The molecule has 0 aliphatic heterocycles. The predicted octanol–water partition coefficient (Wildman–Crippen LogP) is 3.77. The number of hydrogen-bond donors (Lipinski definition) is 1. The minimum absolute atomic E-state index is 0.525. The zero-order chi connectivity index (χ0) is 12.5. The average Bonchev–Trinajstić information content (AvgIpc) is 2.85. The zero-order valence-electron chi connectivity index (χ0n) is 11.6. The fourth-order valence-electron chi connectivity index (χ4n) is 2.32. The summed E-state index contributed by atoms with van der Waals surface area (Å²) in [6, 6.07) is 9.79. The summed E-state index contributed by atoms with van der Waals surface area (Å²) in [6.07, 6.45) is 2.50. The molecular formula is C16H25N. The van der Waals surface area contributed by atoms with Crippen molar-refractivity contribution in [1.82, 2.24) is 5.32 Å². The van der Waals surface area contributed by atoms with Gasteiger partial charge in [-0.15, -0.1) is 0 Å². The number of hydrogen-bond acceptors (Lipinski definition) is 1. The Balaban J connectivity index is 1.82. The van der Waals surface area contributed by atoms with Gasteiger partial charge in [0.05, 0.1) is 0 Å². The van der Waals surface area contributed by atoms with Crippen LogP contribution in [0.1, 0.15) is 45.2 Å². The first-order valence-electron chi connectivity index (χ1n) is 6.78. The van der Waals surface area contributed by atoms with Crippen molar-refractivity contribution in [2.75, 3.05) is 0 Å². The van der Waals surface area contributed by atoms with Crippen LogP contribution in [0.5, 0.6) is 0 Å². The normalized spacial score (nSPS) is 21.8. The standard InChI is InChI=1S/C16H25N/c1-12(2)9-13-5-7-14(8-6-13)11-17-15-10-16(15,3)4/h5-8,12,15,17H,9-11H2,1-4H3. The van der Waals surface area contributed by atoms with E-state index in [9.17, 15) is 0 Å². The van der Waals surface area contributed by atoms with Crippen molar-refractivity contribution in [2.45, 2.75) is 53.1 Å². The van der Waals surface area contributed by atoms with Gasteiger partial charge in [-0.3, -0.25) is 0 Å². The van der Waals surface area contributed by atoms with Crippen LogP contribution < -0.4 is 5.32 Å². The molecule has 1 atom stereocenters. The molecule has 94 valence electrons. The van der Waals surface area contributed by atoms with Crippen molar-refractivity contribution in [2.24, 2.45) is 11.3 Å². The Morgan fingerprint density at radius 2 is 1.71 bits per heavy atom. The summed E-state index contributed by atoms with van der Waals surface area (Å²) >= 11 is 0. The van der Waals surface area contributed by atoms with E-state index in [1.54, 1.807) is 0 Å². The Morgan fingerprint density at radius 1 is 1.18 bits per heavy atom. The van der Waals surface area contributed by atoms with Crippen LogP contribution in [0.4, 0.5) is 0 Å². The van der Waals surface area contributed by atoms with E-state index >= 15 is 0 Å². The minimum Gasteiger partial charge on any atom is -0.309 e. The van der Waals surface area contributed by atoms with E-state index in [1.165, 1.54) is 24.0 Å². The Morgan fingerprint density at radius 3 is 2.18 bits per heavy atom. The quantitative estimate of drug-likeness (QED) is 0.813. The Labute approximate surface area is 106 Å². The van der Waals surface area contributed by atoms with E-state index < -0.39 is 0 Å². The summed E-state index contributed by atoms with van der Waals surface area (Å²) in [5.74, 6) is 0.742. The van der Waals surface area contributed by atoms with Gasteiger partial charge < -0.3 is 5.32 Å². The summed E-state index contributed by atoms with van der Waals surface area (Å²) in [5.41, 5.74) is 3.38. The van der Waals surface area contributed by atoms with E-state index in [0.717, 1.165) is 18.5 Å². The maximum atomic E-state index is 3.62. The smallest absolute Gasteiger partial charge is 0.0208 e. The fraction of sp³-hybridized carbons (Fsp3) is 0.625. The highest BCUT2D eigenvalue weighted by molar-refractivity contribution is 5.23. The summed E-state index contributed by atoms with van der Waals surface area (Å²) in [5, 5.41) is 3.62. The van der Waals surface area contributed by atoms with Crippen molar-refractivity contribution < 1.29 is 0 Å². The van der Waals surface area contributed by atoms with Gasteiger partial charge in [0, 0.05) is 12.6 Å². The third-order valence-electron chi connectivity index (χ3n) is 3.73. The van der Waals surface area contributed by atoms with Crippen LogP contribution in [0, 0.1) is 11.3 Å². The highest BCUT2D eigenvalue weighted by Gasteiger charge is 2.44. The molecule has 1 unspecified atom stereocenters. The number of benzene rings is 1. The third-order valence-corrected chi connectivity index (χ3v) is 3.73. The average molecular weight is 231 g/mol. The molecule has 1 nitrogen and oxygen atoms in total. The molecule has 1 aliphatic rings. The Hall–Kier alpha value is -0.820. The first-order valence-corrected chi connectivity index (χ1v) is 6.78. The predicted molar refractivity (Wildman–Crippen MR) is 74.0 cm³/mol. The largest absolute Gasteiger partial charge is 0.309 e. The van der Waals surface area contributed by atoms with Crippen molar-refractivity contribution >= 4 is 0 Å². The lowest BCUT2D eigenvalue weighted by atomic mass is 10.0. The van der Waals surface area contributed by atoms with Gasteiger partial charge >= 0.3 is 0 Å². The van der Waals surface area contributed by atoms with Crippen LogP contribution in [-0.4, -0.2) is 6.04 Å². The van der Waals surface area contributed by atoms with Crippen molar-refractivity contribution in [3.8, 4) is 0 Å². The van der Waals surface area contributed by atoms with Gasteiger partial charge in [0.1, 0.15) is 0 Å². The molecule has 1 aliphatic carbocycles. The second kappa shape index (κ2) is 4.81. The summed E-state index contributed by atoms with van der Waals surface area (Å²) in [7, 11) is 0. The maximum absolute atomic E-state index is 3.62. The lowest BCUT2D eigenvalue weighted by Crippen LogP contribution is -2.19. The molecule has 0 heterocycles. The fourth-order valence-corrected chi connectivity index (χ4v) is 2.32. The van der Waals surface area contributed by atoms with Crippen molar-refractivity contribution in [3.63, 3.8) is 0 Å². The van der Waals surface area contributed by atoms with E-state index in [-0.39, 0.29) is 0 Å². The maximum Gasteiger partial charge on any atom is 0.0208 e. The van der Waals surface area contributed by atoms with Crippen molar-refractivity contribution in [1.29, 1.82) is 0 Å². The molecule has 1 saturated carbocycles. The highest BCUT2D eigenvalue weighted by Crippen LogP contribution is 2.44. The van der Waals surface area contributed by atoms with E-state index in [0.29, 0.717) is 5.41 Å². The molecule has 1 aromatic carbocycles.